The van der Waals surface area contributed by atoms with Gasteiger partial charge in [0.25, 0.3) is 5.91 Å². The molecule has 1 aliphatic heterocycles. The number of piperazine rings is 1. The topological polar surface area (TPSA) is 82.6 Å². The molecule has 0 aliphatic carbocycles. The predicted molar refractivity (Wildman–Crippen MR) is 128 cm³/mol. The van der Waals surface area contributed by atoms with Crippen LogP contribution < -0.4 is 4.72 Å². The molecule has 32 heavy (non-hydrogen) atoms. The molecule has 0 radical (unpaired) electrons. The Morgan fingerprint density at radius 3 is 2.47 bits per heavy atom. The lowest BCUT2D eigenvalue weighted by atomic mass is 10.2. The van der Waals surface area contributed by atoms with Crippen LogP contribution in [0.1, 0.15) is 25.9 Å². The van der Waals surface area contributed by atoms with Gasteiger partial charge in [0.05, 0.1) is 15.6 Å². The van der Waals surface area contributed by atoms with Crippen LogP contribution in [-0.4, -0.2) is 61.8 Å². The van der Waals surface area contributed by atoms with Gasteiger partial charge in [-0.1, -0.05) is 6.07 Å². The zero-order valence-electron chi connectivity index (χ0n) is 17.9. The first kappa shape index (κ1) is 23.1. The number of thiazole rings is 1. The number of amides is 1. The average Bonchev–Trinajstić information content (AvgIpc) is 3.45. The normalized spacial score (nSPS) is 15.2. The summed E-state index contributed by atoms with van der Waals surface area (Å²) in [6.07, 6.45) is 0.654. The van der Waals surface area contributed by atoms with Gasteiger partial charge in [-0.2, -0.15) is 0 Å². The van der Waals surface area contributed by atoms with Crippen LogP contribution in [0.4, 0.5) is 0 Å². The predicted octanol–water partition coefficient (Wildman–Crippen LogP) is 2.99. The van der Waals surface area contributed by atoms with Gasteiger partial charge in [0.2, 0.25) is 10.0 Å². The highest BCUT2D eigenvalue weighted by atomic mass is 32.2. The fourth-order valence-electron chi connectivity index (χ4n) is 3.63. The summed E-state index contributed by atoms with van der Waals surface area (Å²) >= 11 is 3.26. The van der Waals surface area contributed by atoms with E-state index in [1.165, 1.54) is 12.1 Å². The zero-order chi connectivity index (χ0) is 22.6. The number of thiophene rings is 1. The maximum atomic E-state index is 12.9. The second kappa shape index (κ2) is 10.2. The van der Waals surface area contributed by atoms with Crippen LogP contribution >= 0.6 is 22.7 Å². The molecule has 0 spiro atoms. The quantitative estimate of drug-likeness (QED) is 0.525. The monoisotopic (exact) mass is 490 g/mol. The molecule has 1 fully saturated rings. The third-order valence-electron chi connectivity index (χ3n) is 5.37. The fraction of sp³-hybridized carbons (Fsp3) is 0.364. The highest BCUT2D eigenvalue weighted by molar-refractivity contribution is 7.89. The summed E-state index contributed by atoms with van der Waals surface area (Å²) in [6.45, 7) is 6.03. The lowest BCUT2D eigenvalue weighted by Gasteiger charge is -2.34. The van der Waals surface area contributed by atoms with Crippen LogP contribution in [0, 0.1) is 6.92 Å². The third-order valence-corrected chi connectivity index (χ3v) is 8.60. The summed E-state index contributed by atoms with van der Waals surface area (Å²) in [4.78, 5) is 22.8. The van der Waals surface area contributed by atoms with E-state index >= 15 is 0 Å². The molecule has 3 aromatic rings. The maximum absolute atomic E-state index is 12.9. The van der Waals surface area contributed by atoms with Gasteiger partial charge in [0.15, 0.2) is 0 Å². The molecule has 10 heteroatoms. The molecule has 1 aromatic carbocycles. The van der Waals surface area contributed by atoms with Gasteiger partial charge in [-0.15, -0.1) is 22.7 Å². The number of hydrogen-bond acceptors (Lipinski definition) is 7. The Bertz CT molecular complexity index is 1130. The lowest BCUT2D eigenvalue weighted by Crippen LogP contribution is -2.48. The van der Waals surface area contributed by atoms with Crippen molar-refractivity contribution in [2.45, 2.75) is 24.8 Å². The molecule has 4 rings (SSSR count). The van der Waals surface area contributed by atoms with E-state index in [2.05, 4.69) is 20.0 Å². The largest absolute Gasteiger partial charge is 0.336 e. The Kier molecular flexibility index (Phi) is 7.37. The third kappa shape index (κ3) is 5.81. The summed E-state index contributed by atoms with van der Waals surface area (Å²) in [6, 6.07) is 10.1. The molecule has 170 valence electrons. The number of nitrogens with zero attached hydrogens (tertiary/aromatic N) is 3. The van der Waals surface area contributed by atoms with Crippen molar-refractivity contribution >= 4 is 38.6 Å². The molecule has 3 heterocycles. The van der Waals surface area contributed by atoms with Crippen LogP contribution in [0.2, 0.25) is 0 Å². The number of carbonyl (C=O) groups is 1. The van der Waals surface area contributed by atoms with Crippen molar-refractivity contribution < 1.29 is 13.2 Å². The molecule has 7 nitrogen and oxygen atoms in total. The molecule has 0 saturated carbocycles. The minimum atomic E-state index is -3.60. The molecule has 1 aliphatic rings. The Labute approximate surface area is 196 Å². The highest BCUT2D eigenvalue weighted by Gasteiger charge is 2.23. The molecule has 0 atom stereocenters. The van der Waals surface area contributed by atoms with E-state index < -0.39 is 10.0 Å². The number of aryl methyl sites for hydroxylation is 1. The standard InChI is InChI=1S/C22H26N4O3S3/c1-17-24-19(16-31-17)15-25-10-12-26(13-11-25)22(27)18-4-6-21(7-5-18)32(28,29)23-9-8-20-3-2-14-30-20/h2-7,14,16,23H,8-13,15H2,1H3. The number of carbonyl (C=O) groups excluding carboxylic acids is 1. The number of nitrogens with one attached hydrogen (secondary N) is 1. The van der Waals surface area contributed by atoms with E-state index in [0.29, 0.717) is 31.6 Å². The number of benzene rings is 1. The SMILES string of the molecule is Cc1nc(CN2CCN(C(=O)c3ccc(S(=O)(=O)NCCc4cccs4)cc3)CC2)cs1. The Balaban J connectivity index is 1.29. The second-order valence-electron chi connectivity index (χ2n) is 7.68. The molecule has 0 unspecified atom stereocenters. The van der Waals surface area contributed by atoms with Crippen LogP contribution in [0.3, 0.4) is 0 Å². The van der Waals surface area contributed by atoms with Crippen molar-refractivity contribution in [1.82, 2.24) is 19.5 Å². The average molecular weight is 491 g/mol. The van der Waals surface area contributed by atoms with E-state index in [0.717, 1.165) is 35.2 Å². The number of hydrogen-bond donors (Lipinski definition) is 1. The number of rotatable bonds is 8. The Morgan fingerprint density at radius 2 is 1.84 bits per heavy atom. The summed E-state index contributed by atoms with van der Waals surface area (Å²) in [5.74, 6) is -0.0660. The first-order valence-corrected chi connectivity index (χ1v) is 13.7. The van der Waals surface area contributed by atoms with E-state index in [9.17, 15) is 13.2 Å². The van der Waals surface area contributed by atoms with E-state index in [1.807, 2.05) is 29.3 Å². The minimum absolute atomic E-state index is 0.0660. The van der Waals surface area contributed by atoms with E-state index in [1.54, 1.807) is 34.8 Å². The Morgan fingerprint density at radius 1 is 1.09 bits per heavy atom. The van der Waals surface area contributed by atoms with Crippen LogP contribution in [0.5, 0.6) is 0 Å². The smallest absolute Gasteiger partial charge is 0.253 e. The maximum Gasteiger partial charge on any atom is 0.253 e. The molecule has 0 bridgehead atoms. The Hall–Kier alpha value is -2.11. The first-order chi connectivity index (χ1) is 15.4. The molecule has 1 amide bonds. The van der Waals surface area contributed by atoms with Gasteiger partial charge in [0.1, 0.15) is 0 Å². The highest BCUT2D eigenvalue weighted by Crippen LogP contribution is 2.16. The summed E-state index contributed by atoms with van der Waals surface area (Å²) in [7, 11) is -3.60. The van der Waals surface area contributed by atoms with E-state index in [-0.39, 0.29) is 10.8 Å². The van der Waals surface area contributed by atoms with Crippen molar-refractivity contribution in [2.24, 2.45) is 0 Å². The zero-order valence-corrected chi connectivity index (χ0v) is 20.3. The molecule has 1 saturated heterocycles. The van der Waals surface area contributed by atoms with Crippen LogP contribution in [0.25, 0.3) is 0 Å². The van der Waals surface area contributed by atoms with Gasteiger partial charge >= 0.3 is 0 Å². The summed E-state index contributed by atoms with van der Waals surface area (Å²) < 4.78 is 27.7. The molecule has 1 N–H and O–H groups in total. The van der Waals surface area contributed by atoms with Gasteiger partial charge < -0.3 is 4.90 Å². The molecular formula is C22H26N4O3S3. The molecule has 2 aromatic heterocycles. The van der Waals surface area contributed by atoms with Gasteiger partial charge in [0, 0.05) is 55.1 Å². The van der Waals surface area contributed by atoms with Crippen molar-refractivity contribution in [3.63, 3.8) is 0 Å². The number of sulfonamides is 1. The van der Waals surface area contributed by atoms with Crippen LogP contribution in [-0.2, 0) is 23.0 Å². The fourth-order valence-corrected chi connectivity index (χ4v) is 5.97. The van der Waals surface area contributed by atoms with Crippen molar-refractivity contribution in [3.8, 4) is 0 Å². The molecular weight excluding hydrogens is 464 g/mol. The van der Waals surface area contributed by atoms with Gasteiger partial charge in [-0.05, 0) is 49.1 Å². The summed E-state index contributed by atoms with van der Waals surface area (Å²) in [5, 5.41) is 5.12. The van der Waals surface area contributed by atoms with Gasteiger partial charge in [-0.25, -0.2) is 18.1 Å². The first-order valence-electron chi connectivity index (χ1n) is 10.5. The lowest BCUT2D eigenvalue weighted by molar-refractivity contribution is 0.0627. The number of aromatic nitrogens is 1. The van der Waals surface area contributed by atoms with Crippen molar-refractivity contribution in [1.29, 1.82) is 0 Å². The minimum Gasteiger partial charge on any atom is -0.336 e. The second-order valence-corrected chi connectivity index (χ2v) is 11.5. The van der Waals surface area contributed by atoms with Crippen LogP contribution in [0.15, 0.2) is 52.1 Å². The van der Waals surface area contributed by atoms with Crippen molar-refractivity contribution in [3.05, 3.63) is 68.3 Å². The van der Waals surface area contributed by atoms with E-state index in [4.69, 9.17) is 0 Å². The van der Waals surface area contributed by atoms with Gasteiger partial charge in [-0.3, -0.25) is 9.69 Å². The van der Waals surface area contributed by atoms with Crippen molar-refractivity contribution in [2.75, 3.05) is 32.7 Å². The summed E-state index contributed by atoms with van der Waals surface area (Å²) in [5.41, 5.74) is 1.58.